The molecule has 6 heteroatoms. The van der Waals surface area contributed by atoms with E-state index in [9.17, 15) is 0 Å². The van der Waals surface area contributed by atoms with Crippen LogP contribution in [0.15, 0.2) is 36.4 Å². The topological polar surface area (TPSA) is 55.9 Å². The summed E-state index contributed by atoms with van der Waals surface area (Å²) in [5.74, 6) is 1.04. The molecule has 0 amide bonds. The summed E-state index contributed by atoms with van der Waals surface area (Å²) >= 11 is 0. The number of benzene rings is 1. The second-order valence-electron chi connectivity index (χ2n) is 7.84. The Morgan fingerprint density at radius 3 is 2.72 bits per heavy atom. The molecule has 4 rings (SSSR count). The lowest BCUT2D eigenvalue weighted by Gasteiger charge is -2.23. The molecule has 0 saturated carbocycles. The molecule has 0 unspecified atom stereocenters. The van der Waals surface area contributed by atoms with E-state index in [1.165, 1.54) is 12.1 Å². The molecule has 1 aromatic carbocycles. The number of quaternary nitrogens is 1. The molecule has 0 spiro atoms. The highest BCUT2D eigenvalue weighted by Gasteiger charge is 2.17. The van der Waals surface area contributed by atoms with Gasteiger partial charge in [0.05, 0.1) is 25.5 Å². The molecule has 6 nitrogen and oxygen atoms in total. The van der Waals surface area contributed by atoms with Crippen molar-refractivity contribution < 1.29 is 9.64 Å². The minimum absolute atomic E-state index is 0.892. The maximum absolute atomic E-state index is 5.45. The van der Waals surface area contributed by atoms with Gasteiger partial charge in [-0.05, 0) is 18.9 Å². The zero-order valence-corrected chi connectivity index (χ0v) is 17.6. The standard InChI is InChI=1S/C23H31N5O/c1-3-8-20-17-21(24-11-7-12-27-13-15-29-16-14-27)28-23(25-20)22(18(2)26-28)19-9-5-4-6-10-19/h4-6,9-10,17,24H,3,7-8,11-16H2,1-2H3/p+1. The number of aryl methyl sites for hydroxylation is 2. The fourth-order valence-corrected chi connectivity index (χ4v) is 4.09. The molecule has 0 atom stereocenters. The number of fused-ring (bicyclic) bond motifs is 1. The van der Waals surface area contributed by atoms with Crippen LogP contribution in [0.1, 0.15) is 31.2 Å². The van der Waals surface area contributed by atoms with Crippen LogP contribution in [0.3, 0.4) is 0 Å². The van der Waals surface area contributed by atoms with Gasteiger partial charge in [0, 0.05) is 30.3 Å². The third kappa shape index (κ3) is 4.60. The van der Waals surface area contributed by atoms with Gasteiger partial charge in [-0.1, -0.05) is 43.7 Å². The van der Waals surface area contributed by atoms with E-state index in [1.807, 2.05) is 10.6 Å². The Labute approximate surface area is 172 Å². The Bertz CT molecular complexity index is 931. The number of morpholine rings is 1. The van der Waals surface area contributed by atoms with Gasteiger partial charge < -0.3 is 15.0 Å². The number of nitrogens with one attached hydrogen (secondary N) is 2. The summed E-state index contributed by atoms with van der Waals surface area (Å²) in [5, 5.41) is 8.46. The molecule has 0 aliphatic carbocycles. The summed E-state index contributed by atoms with van der Waals surface area (Å²) in [6.45, 7) is 10.4. The fourth-order valence-electron chi connectivity index (χ4n) is 4.09. The summed E-state index contributed by atoms with van der Waals surface area (Å²) < 4.78 is 7.44. The van der Waals surface area contributed by atoms with Crippen molar-refractivity contribution in [1.82, 2.24) is 14.6 Å². The third-order valence-corrected chi connectivity index (χ3v) is 5.60. The molecule has 1 aliphatic heterocycles. The number of hydrogen-bond acceptors (Lipinski definition) is 4. The first-order valence-corrected chi connectivity index (χ1v) is 10.9. The first-order valence-electron chi connectivity index (χ1n) is 10.9. The molecule has 0 bridgehead atoms. The van der Waals surface area contributed by atoms with Crippen molar-refractivity contribution in [2.45, 2.75) is 33.1 Å². The van der Waals surface area contributed by atoms with Crippen molar-refractivity contribution in [2.75, 3.05) is 44.7 Å². The highest BCUT2D eigenvalue weighted by Crippen LogP contribution is 2.29. The molecule has 3 heterocycles. The van der Waals surface area contributed by atoms with E-state index < -0.39 is 0 Å². The summed E-state index contributed by atoms with van der Waals surface area (Å²) in [4.78, 5) is 6.61. The van der Waals surface area contributed by atoms with Gasteiger partial charge in [-0.2, -0.15) is 9.61 Å². The van der Waals surface area contributed by atoms with Gasteiger partial charge in [-0.15, -0.1) is 0 Å². The first kappa shape index (κ1) is 19.9. The molecule has 1 fully saturated rings. The number of nitrogens with zero attached hydrogens (tertiary/aromatic N) is 3. The normalized spacial score (nSPS) is 15.1. The molecule has 0 radical (unpaired) electrons. The van der Waals surface area contributed by atoms with Gasteiger partial charge in [-0.25, -0.2) is 4.98 Å². The van der Waals surface area contributed by atoms with Crippen molar-refractivity contribution in [1.29, 1.82) is 0 Å². The number of hydrogen-bond donors (Lipinski definition) is 2. The van der Waals surface area contributed by atoms with Crippen LogP contribution in [0.2, 0.25) is 0 Å². The van der Waals surface area contributed by atoms with E-state index in [-0.39, 0.29) is 0 Å². The first-order chi connectivity index (χ1) is 14.3. The molecule has 2 N–H and O–H groups in total. The van der Waals surface area contributed by atoms with E-state index in [4.69, 9.17) is 14.8 Å². The quantitative estimate of drug-likeness (QED) is 0.576. The summed E-state index contributed by atoms with van der Waals surface area (Å²) in [6.07, 6.45) is 3.19. The van der Waals surface area contributed by atoms with Crippen LogP contribution in [-0.4, -0.2) is 54.0 Å². The minimum atomic E-state index is 0.892. The Kier molecular flexibility index (Phi) is 6.42. The molecule has 1 aliphatic rings. The Morgan fingerprint density at radius 2 is 1.97 bits per heavy atom. The van der Waals surface area contributed by atoms with Crippen LogP contribution in [0, 0.1) is 6.92 Å². The smallest absolute Gasteiger partial charge is 0.165 e. The van der Waals surface area contributed by atoms with Crippen molar-refractivity contribution in [3.8, 4) is 11.1 Å². The number of ether oxygens (including phenoxy) is 1. The van der Waals surface area contributed by atoms with E-state index in [0.717, 1.165) is 80.5 Å². The molecular weight excluding hydrogens is 362 g/mol. The predicted molar refractivity (Wildman–Crippen MR) is 117 cm³/mol. The molecular formula is C23H32N5O+. The SMILES string of the molecule is CCCc1cc(NCCC[NH+]2CCOCC2)n2nc(C)c(-c3ccccc3)c2n1. The van der Waals surface area contributed by atoms with Gasteiger partial charge in [-0.3, -0.25) is 0 Å². The zero-order chi connectivity index (χ0) is 20.1. The lowest BCUT2D eigenvalue weighted by molar-refractivity contribution is -0.908. The third-order valence-electron chi connectivity index (χ3n) is 5.60. The summed E-state index contributed by atoms with van der Waals surface area (Å²) in [6, 6.07) is 12.6. The van der Waals surface area contributed by atoms with E-state index in [2.05, 4.69) is 49.5 Å². The molecule has 2 aromatic heterocycles. The zero-order valence-electron chi connectivity index (χ0n) is 17.6. The number of rotatable bonds is 8. The second kappa shape index (κ2) is 9.37. The average molecular weight is 395 g/mol. The van der Waals surface area contributed by atoms with Gasteiger partial charge in [0.1, 0.15) is 18.9 Å². The maximum atomic E-state index is 5.45. The van der Waals surface area contributed by atoms with Crippen molar-refractivity contribution in [2.24, 2.45) is 0 Å². The Hall–Kier alpha value is -2.44. The van der Waals surface area contributed by atoms with Crippen LogP contribution in [0.25, 0.3) is 16.8 Å². The van der Waals surface area contributed by atoms with Crippen molar-refractivity contribution >= 4 is 11.5 Å². The highest BCUT2D eigenvalue weighted by molar-refractivity contribution is 5.80. The van der Waals surface area contributed by atoms with Gasteiger partial charge in [0.25, 0.3) is 0 Å². The van der Waals surface area contributed by atoms with Crippen molar-refractivity contribution in [3.63, 3.8) is 0 Å². The maximum Gasteiger partial charge on any atom is 0.165 e. The van der Waals surface area contributed by atoms with Crippen LogP contribution in [-0.2, 0) is 11.2 Å². The van der Waals surface area contributed by atoms with E-state index in [0.29, 0.717) is 0 Å². The molecule has 29 heavy (non-hydrogen) atoms. The Morgan fingerprint density at radius 1 is 1.17 bits per heavy atom. The molecule has 1 saturated heterocycles. The molecule has 3 aromatic rings. The van der Waals surface area contributed by atoms with E-state index >= 15 is 0 Å². The largest absolute Gasteiger partial charge is 0.370 e. The van der Waals surface area contributed by atoms with Gasteiger partial charge in [0.15, 0.2) is 5.65 Å². The van der Waals surface area contributed by atoms with Gasteiger partial charge >= 0.3 is 0 Å². The van der Waals surface area contributed by atoms with Crippen molar-refractivity contribution in [3.05, 3.63) is 47.8 Å². The summed E-state index contributed by atoms with van der Waals surface area (Å²) in [5.41, 5.74) is 5.38. The monoisotopic (exact) mass is 394 g/mol. The predicted octanol–water partition coefficient (Wildman–Crippen LogP) is 2.37. The number of anilines is 1. The van der Waals surface area contributed by atoms with Crippen LogP contribution >= 0.6 is 0 Å². The van der Waals surface area contributed by atoms with E-state index in [1.54, 1.807) is 4.90 Å². The highest BCUT2D eigenvalue weighted by atomic mass is 16.5. The number of aromatic nitrogens is 3. The van der Waals surface area contributed by atoms with Crippen LogP contribution < -0.4 is 10.2 Å². The summed E-state index contributed by atoms with van der Waals surface area (Å²) in [7, 11) is 0. The van der Waals surface area contributed by atoms with Crippen LogP contribution in [0.5, 0.6) is 0 Å². The lowest BCUT2D eigenvalue weighted by Crippen LogP contribution is -3.14. The van der Waals surface area contributed by atoms with Crippen LogP contribution in [0.4, 0.5) is 5.82 Å². The average Bonchev–Trinajstić information content (AvgIpc) is 3.08. The molecule has 154 valence electrons. The minimum Gasteiger partial charge on any atom is -0.370 e. The Balaban J connectivity index is 1.57. The lowest BCUT2D eigenvalue weighted by atomic mass is 10.1. The second-order valence-corrected chi connectivity index (χ2v) is 7.84. The van der Waals surface area contributed by atoms with Gasteiger partial charge in [0.2, 0.25) is 0 Å². The fraction of sp³-hybridized carbons (Fsp3) is 0.478.